The Morgan fingerprint density at radius 2 is 2.25 bits per heavy atom. The molecule has 0 saturated carbocycles. The Morgan fingerprint density at radius 1 is 1.50 bits per heavy atom. The van der Waals surface area contributed by atoms with Crippen molar-refractivity contribution in [3.63, 3.8) is 0 Å². The summed E-state index contributed by atoms with van der Waals surface area (Å²) in [4.78, 5) is 24.2. The van der Waals surface area contributed by atoms with Crippen LogP contribution in [0.1, 0.15) is 26.2 Å². The van der Waals surface area contributed by atoms with Gasteiger partial charge >= 0.3 is 5.97 Å². The van der Waals surface area contributed by atoms with Crippen LogP contribution in [0.4, 0.5) is 0 Å². The van der Waals surface area contributed by atoms with Gasteiger partial charge in [0.15, 0.2) is 0 Å². The molecule has 16 heavy (non-hydrogen) atoms. The van der Waals surface area contributed by atoms with E-state index in [2.05, 4.69) is 0 Å². The van der Waals surface area contributed by atoms with Crippen LogP contribution in [0.2, 0.25) is 0 Å². The van der Waals surface area contributed by atoms with Gasteiger partial charge in [-0.15, -0.1) is 0 Å². The number of hydrogen-bond acceptors (Lipinski definition) is 3. The molecule has 1 aliphatic heterocycles. The number of piperidine rings is 1. The molecule has 0 aromatic rings. The van der Waals surface area contributed by atoms with Gasteiger partial charge in [0.1, 0.15) is 0 Å². The molecule has 1 amide bonds. The molecule has 1 atom stereocenters. The highest BCUT2D eigenvalue weighted by Crippen LogP contribution is 2.17. The van der Waals surface area contributed by atoms with Gasteiger partial charge < -0.3 is 14.7 Å². The fourth-order valence-corrected chi connectivity index (χ4v) is 1.87. The van der Waals surface area contributed by atoms with Crippen LogP contribution >= 0.6 is 0 Å². The largest absolute Gasteiger partial charge is 0.481 e. The van der Waals surface area contributed by atoms with Gasteiger partial charge in [0.25, 0.3) is 0 Å². The van der Waals surface area contributed by atoms with Crippen LogP contribution in [0.15, 0.2) is 0 Å². The lowest BCUT2D eigenvalue weighted by atomic mass is 9.98. The Bertz CT molecular complexity index is 254. The predicted octanol–water partition coefficient (Wildman–Crippen LogP) is 0.736. The minimum Gasteiger partial charge on any atom is -0.481 e. The van der Waals surface area contributed by atoms with E-state index in [1.165, 1.54) is 0 Å². The summed E-state index contributed by atoms with van der Waals surface area (Å²) in [6.45, 7) is 3.93. The summed E-state index contributed by atoms with van der Waals surface area (Å²) in [6, 6.07) is 0. The van der Waals surface area contributed by atoms with Crippen LogP contribution in [-0.2, 0) is 14.3 Å². The van der Waals surface area contributed by atoms with Gasteiger partial charge in [-0.05, 0) is 19.8 Å². The zero-order valence-corrected chi connectivity index (χ0v) is 9.65. The summed E-state index contributed by atoms with van der Waals surface area (Å²) >= 11 is 0. The van der Waals surface area contributed by atoms with Gasteiger partial charge in [0.2, 0.25) is 5.91 Å². The Morgan fingerprint density at radius 3 is 2.88 bits per heavy atom. The molecular formula is C11H19NO4. The van der Waals surface area contributed by atoms with Crippen molar-refractivity contribution in [2.45, 2.75) is 26.2 Å². The normalized spacial score (nSPS) is 20.8. The second-order valence-corrected chi connectivity index (χ2v) is 3.96. The number of carboxylic acid groups (broad SMARTS) is 1. The number of carbonyl (C=O) groups excluding carboxylic acids is 1. The van der Waals surface area contributed by atoms with Crippen molar-refractivity contribution >= 4 is 11.9 Å². The van der Waals surface area contributed by atoms with Crippen LogP contribution in [0.3, 0.4) is 0 Å². The van der Waals surface area contributed by atoms with Crippen molar-refractivity contribution in [2.75, 3.05) is 26.3 Å². The quantitative estimate of drug-likeness (QED) is 0.706. The molecule has 0 aromatic heterocycles. The lowest BCUT2D eigenvalue weighted by Gasteiger charge is -2.30. The van der Waals surface area contributed by atoms with Crippen molar-refractivity contribution in [2.24, 2.45) is 5.92 Å². The molecular weight excluding hydrogens is 210 g/mol. The summed E-state index contributed by atoms with van der Waals surface area (Å²) in [5, 5.41) is 8.89. The topological polar surface area (TPSA) is 66.8 Å². The van der Waals surface area contributed by atoms with Gasteiger partial charge in [0.05, 0.1) is 18.9 Å². The first kappa shape index (κ1) is 13.0. The molecule has 1 saturated heterocycles. The number of carbonyl (C=O) groups is 2. The summed E-state index contributed by atoms with van der Waals surface area (Å²) in [5.74, 6) is -1.20. The van der Waals surface area contributed by atoms with Crippen molar-refractivity contribution in [3.05, 3.63) is 0 Å². The van der Waals surface area contributed by atoms with E-state index in [4.69, 9.17) is 9.84 Å². The van der Waals surface area contributed by atoms with Crippen LogP contribution in [0, 0.1) is 5.92 Å². The monoisotopic (exact) mass is 229 g/mol. The van der Waals surface area contributed by atoms with E-state index in [9.17, 15) is 9.59 Å². The number of ether oxygens (including phenoxy) is 1. The zero-order chi connectivity index (χ0) is 12.0. The van der Waals surface area contributed by atoms with Gasteiger partial charge in [-0.1, -0.05) is 0 Å². The number of likely N-dealkylation sites (tertiary alicyclic amines) is 1. The summed E-state index contributed by atoms with van der Waals surface area (Å²) in [6.07, 6.45) is 1.79. The van der Waals surface area contributed by atoms with Crippen LogP contribution in [-0.4, -0.2) is 48.2 Å². The van der Waals surface area contributed by atoms with Crippen molar-refractivity contribution in [3.8, 4) is 0 Å². The third kappa shape index (κ3) is 3.81. The SMILES string of the molecule is CCOCCC(=O)N1CCC[C@H](C(=O)O)C1. The number of carboxylic acids is 1. The molecule has 1 aliphatic rings. The molecule has 1 N–H and O–H groups in total. The van der Waals surface area contributed by atoms with E-state index in [1.807, 2.05) is 6.92 Å². The molecule has 92 valence electrons. The minimum absolute atomic E-state index is 0.000556. The smallest absolute Gasteiger partial charge is 0.308 e. The molecule has 1 fully saturated rings. The molecule has 1 rings (SSSR count). The Balaban J connectivity index is 2.35. The van der Waals surface area contributed by atoms with Crippen molar-refractivity contribution in [1.82, 2.24) is 4.90 Å². The van der Waals surface area contributed by atoms with Crippen LogP contribution in [0.5, 0.6) is 0 Å². The second-order valence-electron chi connectivity index (χ2n) is 3.96. The van der Waals surface area contributed by atoms with Crippen molar-refractivity contribution < 1.29 is 19.4 Å². The average Bonchev–Trinajstić information content (AvgIpc) is 2.29. The third-order valence-electron chi connectivity index (χ3n) is 2.79. The maximum Gasteiger partial charge on any atom is 0.308 e. The first-order chi connectivity index (χ1) is 7.65. The Labute approximate surface area is 95.4 Å². The van der Waals surface area contributed by atoms with Crippen LogP contribution in [0.25, 0.3) is 0 Å². The number of hydrogen-bond donors (Lipinski definition) is 1. The van der Waals surface area contributed by atoms with E-state index < -0.39 is 11.9 Å². The van der Waals surface area contributed by atoms with E-state index >= 15 is 0 Å². The first-order valence-corrected chi connectivity index (χ1v) is 5.73. The Hall–Kier alpha value is -1.10. The molecule has 0 aromatic carbocycles. The Kier molecular flexibility index (Phi) is 5.25. The summed E-state index contributed by atoms with van der Waals surface area (Å²) < 4.78 is 5.11. The molecule has 0 spiro atoms. The van der Waals surface area contributed by atoms with E-state index in [0.29, 0.717) is 39.1 Å². The standard InChI is InChI=1S/C11H19NO4/c1-2-16-7-5-10(13)12-6-3-4-9(8-12)11(14)15/h9H,2-8H2,1H3,(H,14,15)/t9-/m0/s1. The highest BCUT2D eigenvalue weighted by molar-refractivity contribution is 5.78. The average molecular weight is 229 g/mol. The lowest BCUT2D eigenvalue weighted by Crippen LogP contribution is -2.42. The number of nitrogens with zero attached hydrogens (tertiary/aromatic N) is 1. The van der Waals surface area contributed by atoms with Gasteiger partial charge in [-0.25, -0.2) is 0 Å². The molecule has 5 nitrogen and oxygen atoms in total. The van der Waals surface area contributed by atoms with Gasteiger partial charge in [0, 0.05) is 19.7 Å². The summed E-state index contributed by atoms with van der Waals surface area (Å²) in [5.41, 5.74) is 0. The van der Waals surface area contributed by atoms with E-state index in [1.54, 1.807) is 4.90 Å². The van der Waals surface area contributed by atoms with Crippen LogP contribution < -0.4 is 0 Å². The molecule has 0 radical (unpaired) electrons. The number of rotatable bonds is 5. The number of aliphatic carboxylic acids is 1. The van der Waals surface area contributed by atoms with Gasteiger partial charge in [-0.3, -0.25) is 9.59 Å². The molecule has 0 bridgehead atoms. The third-order valence-corrected chi connectivity index (χ3v) is 2.79. The lowest BCUT2D eigenvalue weighted by molar-refractivity contribution is -0.145. The highest BCUT2D eigenvalue weighted by Gasteiger charge is 2.27. The molecule has 0 aliphatic carbocycles. The second kappa shape index (κ2) is 6.48. The van der Waals surface area contributed by atoms with E-state index in [-0.39, 0.29) is 5.91 Å². The zero-order valence-electron chi connectivity index (χ0n) is 9.65. The predicted molar refractivity (Wildman–Crippen MR) is 58.0 cm³/mol. The molecule has 0 unspecified atom stereocenters. The highest BCUT2D eigenvalue weighted by atomic mass is 16.5. The fraction of sp³-hybridized carbons (Fsp3) is 0.818. The minimum atomic E-state index is -0.803. The molecule has 5 heteroatoms. The van der Waals surface area contributed by atoms with Gasteiger partial charge in [-0.2, -0.15) is 0 Å². The fourth-order valence-electron chi connectivity index (χ4n) is 1.87. The maximum atomic E-state index is 11.7. The summed E-state index contributed by atoms with van der Waals surface area (Å²) in [7, 11) is 0. The number of amides is 1. The molecule has 1 heterocycles. The van der Waals surface area contributed by atoms with Crippen molar-refractivity contribution in [1.29, 1.82) is 0 Å². The first-order valence-electron chi connectivity index (χ1n) is 5.73. The van der Waals surface area contributed by atoms with E-state index in [0.717, 1.165) is 6.42 Å². The maximum absolute atomic E-state index is 11.7.